The molecular weight excluding hydrogens is 300 g/mol. The predicted octanol–water partition coefficient (Wildman–Crippen LogP) is 3.04. The Balaban J connectivity index is 1.77. The fourth-order valence-corrected chi connectivity index (χ4v) is 3.37. The Morgan fingerprint density at radius 3 is 2.77 bits per heavy atom. The summed E-state index contributed by atoms with van der Waals surface area (Å²) in [7, 11) is 0. The molecule has 0 N–H and O–H groups in total. The molecule has 114 valence electrons. The van der Waals surface area contributed by atoms with Crippen LogP contribution in [0.1, 0.15) is 18.9 Å². The molecule has 5 nitrogen and oxygen atoms in total. The lowest BCUT2D eigenvalue weighted by molar-refractivity contribution is -0.117. The Bertz CT molecular complexity index is 708. The van der Waals surface area contributed by atoms with Crippen LogP contribution in [0.2, 0.25) is 0 Å². The normalized spacial score (nSPS) is 18.0. The van der Waals surface area contributed by atoms with Crippen molar-refractivity contribution < 1.29 is 14.1 Å². The summed E-state index contributed by atoms with van der Waals surface area (Å²) in [6.45, 7) is 4.01. The van der Waals surface area contributed by atoms with Crippen LogP contribution in [0.5, 0.6) is 0 Å². The summed E-state index contributed by atoms with van der Waals surface area (Å²) in [5, 5.41) is 4.05. The van der Waals surface area contributed by atoms with Crippen LogP contribution in [-0.4, -0.2) is 28.0 Å². The minimum atomic E-state index is -0.0367. The van der Waals surface area contributed by atoms with E-state index < -0.39 is 0 Å². The third-order valence-corrected chi connectivity index (χ3v) is 4.51. The molecule has 1 aromatic carbocycles. The predicted molar refractivity (Wildman–Crippen MR) is 85.7 cm³/mol. The monoisotopic (exact) mass is 316 g/mol. The molecule has 0 spiro atoms. The van der Waals surface area contributed by atoms with Crippen molar-refractivity contribution in [2.24, 2.45) is 0 Å². The van der Waals surface area contributed by atoms with E-state index in [-0.39, 0.29) is 16.3 Å². The minimum absolute atomic E-state index is 0.0158. The molecule has 0 radical (unpaired) electrons. The van der Waals surface area contributed by atoms with Crippen LogP contribution in [0.25, 0.3) is 11.3 Å². The molecule has 1 aromatic heterocycles. The van der Waals surface area contributed by atoms with E-state index in [9.17, 15) is 9.59 Å². The Labute approximate surface area is 132 Å². The van der Waals surface area contributed by atoms with Crippen molar-refractivity contribution in [1.29, 1.82) is 0 Å². The van der Waals surface area contributed by atoms with Crippen molar-refractivity contribution in [3.8, 4) is 11.3 Å². The highest BCUT2D eigenvalue weighted by Gasteiger charge is 2.34. The summed E-state index contributed by atoms with van der Waals surface area (Å²) in [6, 6.07) is 9.71. The molecule has 1 fully saturated rings. The number of hydrogen-bond acceptors (Lipinski definition) is 5. The standard InChI is InChI=1S/C16H16N2O3S/c1-10-3-5-12(6-4-10)14-8-16(21-17-14)18-9-13(7-15(18)20)22-11(2)19/h3-6,8,13H,7,9H2,1-2H3. The first-order chi connectivity index (χ1) is 10.5. The summed E-state index contributed by atoms with van der Waals surface area (Å²) >= 11 is 1.21. The highest BCUT2D eigenvalue weighted by atomic mass is 32.2. The van der Waals surface area contributed by atoms with Gasteiger partial charge in [0.25, 0.3) is 0 Å². The van der Waals surface area contributed by atoms with Crippen molar-refractivity contribution in [3.05, 3.63) is 35.9 Å². The van der Waals surface area contributed by atoms with E-state index in [1.54, 1.807) is 11.0 Å². The summed E-state index contributed by atoms with van der Waals surface area (Å²) < 4.78 is 5.32. The number of hydrogen-bond donors (Lipinski definition) is 0. The van der Waals surface area contributed by atoms with Gasteiger partial charge in [-0.25, -0.2) is 0 Å². The third kappa shape index (κ3) is 3.06. The van der Waals surface area contributed by atoms with Crippen molar-refractivity contribution in [2.45, 2.75) is 25.5 Å². The first kappa shape index (κ1) is 14.8. The summed E-state index contributed by atoms with van der Waals surface area (Å²) in [6.07, 6.45) is 0.352. The second-order valence-corrected chi connectivity index (χ2v) is 6.83. The number of benzene rings is 1. The topological polar surface area (TPSA) is 63.4 Å². The molecule has 2 aromatic rings. The van der Waals surface area contributed by atoms with Gasteiger partial charge in [-0.1, -0.05) is 46.7 Å². The number of aryl methyl sites for hydroxylation is 1. The highest BCUT2D eigenvalue weighted by molar-refractivity contribution is 8.14. The molecule has 1 atom stereocenters. The molecule has 1 aliphatic rings. The molecule has 1 amide bonds. The van der Waals surface area contributed by atoms with E-state index in [4.69, 9.17) is 4.52 Å². The number of carbonyl (C=O) groups excluding carboxylic acids is 2. The van der Waals surface area contributed by atoms with Gasteiger partial charge in [0.2, 0.25) is 11.8 Å². The number of aromatic nitrogens is 1. The number of amides is 1. The quantitative estimate of drug-likeness (QED) is 0.871. The maximum atomic E-state index is 12.1. The number of carbonyl (C=O) groups is 2. The van der Waals surface area contributed by atoms with Gasteiger partial charge in [-0.3, -0.25) is 14.5 Å². The molecule has 3 rings (SSSR count). The summed E-state index contributed by atoms with van der Waals surface area (Å²) in [4.78, 5) is 24.8. The van der Waals surface area contributed by atoms with Crippen LogP contribution in [0.3, 0.4) is 0 Å². The molecule has 1 unspecified atom stereocenters. The number of nitrogens with zero attached hydrogens (tertiary/aromatic N) is 2. The van der Waals surface area contributed by atoms with Crippen molar-refractivity contribution in [2.75, 3.05) is 11.4 Å². The maximum Gasteiger partial charge on any atom is 0.234 e. The van der Waals surface area contributed by atoms with Gasteiger partial charge >= 0.3 is 0 Å². The average Bonchev–Trinajstić information content (AvgIpc) is 3.06. The van der Waals surface area contributed by atoms with E-state index in [1.807, 2.05) is 31.2 Å². The molecule has 2 heterocycles. The van der Waals surface area contributed by atoms with Gasteiger partial charge in [0.15, 0.2) is 5.12 Å². The van der Waals surface area contributed by atoms with E-state index in [1.165, 1.54) is 24.2 Å². The lowest BCUT2D eigenvalue weighted by Gasteiger charge is -2.10. The van der Waals surface area contributed by atoms with Gasteiger partial charge in [-0.05, 0) is 6.92 Å². The second-order valence-electron chi connectivity index (χ2n) is 5.36. The van der Waals surface area contributed by atoms with E-state index in [0.717, 1.165) is 5.56 Å². The zero-order valence-corrected chi connectivity index (χ0v) is 13.2. The smallest absolute Gasteiger partial charge is 0.234 e. The zero-order chi connectivity index (χ0) is 15.7. The van der Waals surface area contributed by atoms with Crippen LogP contribution in [0, 0.1) is 6.92 Å². The Kier molecular flexibility index (Phi) is 4.02. The fraction of sp³-hybridized carbons (Fsp3) is 0.312. The Hall–Kier alpha value is -2.08. The van der Waals surface area contributed by atoms with Gasteiger partial charge in [-0.15, -0.1) is 0 Å². The van der Waals surface area contributed by atoms with Crippen molar-refractivity contribution in [3.63, 3.8) is 0 Å². The molecule has 1 saturated heterocycles. The van der Waals surface area contributed by atoms with Crippen LogP contribution in [-0.2, 0) is 9.59 Å². The van der Waals surface area contributed by atoms with Crippen molar-refractivity contribution >= 4 is 28.7 Å². The van der Waals surface area contributed by atoms with E-state index in [0.29, 0.717) is 24.5 Å². The second kappa shape index (κ2) is 5.96. The summed E-state index contributed by atoms with van der Waals surface area (Å²) in [5.74, 6) is 0.401. The van der Waals surface area contributed by atoms with Gasteiger partial charge in [0, 0.05) is 36.8 Å². The molecule has 0 saturated carbocycles. The number of rotatable bonds is 3. The number of anilines is 1. The van der Waals surface area contributed by atoms with Crippen LogP contribution < -0.4 is 4.90 Å². The van der Waals surface area contributed by atoms with Gasteiger partial charge < -0.3 is 4.52 Å². The molecule has 22 heavy (non-hydrogen) atoms. The van der Waals surface area contributed by atoms with E-state index >= 15 is 0 Å². The Morgan fingerprint density at radius 2 is 2.09 bits per heavy atom. The highest BCUT2D eigenvalue weighted by Crippen LogP contribution is 2.31. The van der Waals surface area contributed by atoms with Crippen molar-refractivity contribution in [1.82, 2.24) is 5.16 Å². The third-order valence-electron chi connectivity index (χ3n) is 3.53. The molecule has 0 bridgehead atoms. The molecule has 0 aliphatic carbocycles. The van der Waals surface area contributed by atoms with Crippen LogP contribution in [0.15, 0.2) is 34.9 Å². The lowest BCUT2D eigenvalue weighted by Crippen LogP contribution is -2.24. The first-order valence-corrected chi connectivity index (χ1v) is 7.92. The fourth-order valence-electron chi connectivity index (χ4n) is 2.45. The molecule has 6 heteroatoms. The molecular formula is C16H16N2O3S. The zero-order valence-electron chi connectivity index (χ0n) is 12.4. The number of thioether (sulfide) groups is 1. The lowest BCUT2D eigenvalue weighted by atomic mass is 10.1. The van der Waals surface area contributed by atoms with Gasteiger partial charge in [-0.2, -0.15) is 0 Å². The minimum Gasteiger partial charge on any atom is -0.338 e. The Morgan fingerprint density at radius 1 is 1.36 bits per heavy atom. The largest absolute Gasteiger partial charge is 0.338 e. The first-order valence-electron chi connectivity index (χ1n) is 7.04. The van der Waals surface area contributed by atoms with E-state index in [2.05, 4.69) is 5.16 Å². The van der Waals surface area contributed by atoms with Gasteiger partial charge in [0.1, 0.15) is 5.69 Å². The van der Waals surface area contributed by atoms with Gasteiger partial charge in [0.05, 0.1) is 0 Å². The summed E-state index contributed by atoms with van der Waals surface area (Å²) in [5.41, 5.74) is 2.82. The van der Waals surface area contributed by atoms with Crippen LogP contribution in [0.4, 0.5) is 5.88 Å². The SMILES string of the molecule is CC(=O)SC1CC(=O)N(c2cc(-c3ccc(C)cc3)no2)C1. The average molecular weight is 316 g/mol. The van der Waals surface area contributed by atoms with Crippen LogP contribution >= 0.6 is 11.8 Å². The maximum absolute atomic E-state index is 12.1. The molecule has 1 aliphatic heterocycles.